The number of carbonyl (C=O) groups is 1. The Morgan fingerprint density at radius 3 is 2.52 bits per heavy atom. The smallest absolute Gasteiger partial charge is 0.253 e. The SMILES string of the molecule is COCC(C)(C)NC(=O)c1cc(S(N)(=O)=O)c(F)cc1Cl. The van der Waals surface area contributed by atoms with Gasteiger partial charge >= 0.3 is 0 Å². The molecular formula is C12H16ClFN2O4S. The van der Waals surface area contributed by atoms with Crippen LogP contribution < -0.4 is 10.5 Å². The van der Waals surface area contributed by atoms with Gasteiger partial charge in [-0.05, 0) is 26.0 Å². The van der Waals surface area contributed by atoms with Gasteiger partial charge in [0.25, 0.3) is 5.91 Å². The molecule has 0 aromatic heterocycles. The van der Waals surface area contributed by atoms with Gasteiger partial charge in [0.05, 0.1) is 22.7 Å². The molecule has 9 heteroatoms. The summed E-state index contributed by atoms with van der Waals surface area (Å²) in [4.78, 5) is 11.3. The minimum Gasteiger partial charge on any atom is -0.382 e. The van der Waals surface area contributed by atoms with Gasteiger partial charge in [0.1, 0.15) is 10.7 Å². The maximum absolute atomic E-state index is 13.6. The number of halogens is 2. The van der Waals surface area contributed by atoms with Crippen molar-refractivity contribution in [1.82, 2.24) is 5.32 Å². The third kappa shape index (κ3) is 4.63. The van der Waals surface area contributed by atoms with Crippen LogP contribution in [0.3, 0.4) is 0 Å². The zero-order valence-corrected chi connectivity index (χ0v) is 13.3. The summed E-state index contributed by atoms with van der Waals surface area (Å²) in [6, 6.07) is 1.55. The van der Waals surface area contributed by atoms with Gasteiger partial charge in [0, 0.05) is 7.11 Å². The number of benzene rings is 1. The van der Waals surface area contributed by atoms with E-state index in [4.69, 9.17) is 21.5 Å². The molecule has 0 fully saturated rings. The lowest BCUT2D eigenvalue weighted by atomic mass is 10.1. The van der Waals surface area contributed by atoms with Gasteiger partial charge in [-0.1, -0.05) is 11.6 Å². The predicted octanol–water partition coefficient (Wildman–Crippen LogP) is 1.28. The van der Waals surface area contributed by atoms with Gasteiger partial charge in [-0.15, -0.1) is 0 Å². The Kier molecular flexibility index (Phi) is 5.32. The summed E-state index contributed by atoms with van der Waals surface area (Å²) in [5, 5.41) is 7.28. The lowest BCUT2D eigenvalue weighted by Crippen LogP contribution is -2.46. The van der Waals surface area contributed by atoms with Gasteiger partial charge in [-0.3, -0.25) is 4.79 Å². The van der Waals surface area contributed by atoms with E-state index >= 15 is 0 Å². The fraction of sp³-hybridized carbons (Fsp3) is 0.417. The van der Waals surface area contributed by atoms with E-state index in [0.29, 0.717) is 0 Å². The van der Waals surface area contributed by atoms with Crippen molar-refractivity contribution in [3.05, 3.63) is 28.5 Å². The number of amides is 1. The molecule has 0 saturated heterocycles. The van der Waals surface area contributed by atoms with E-state index in [-0.39, 0.29) is 17.2 Å². The number of nitrogens with one attached hydrogen (secondary N) is 1. The molecule has 0 radical (unpaired) electrons. The van der Waals surface area contributed by atoms with Crippen molar-refractivity contribution in [2.75, 3.05) is 13.7 Å². The fourth-order valence-corrected chi connectivity index (χ4v) is 2.54. The Labute approximate surface area is 127 Å². The molecule has 0 unspecified atom stereocenters. The number of ether oxygens (including phenoxy) is 1. The van der Waals surface area contributed by atoms with Gasteiger partial charge in [0.2, 0.25) is 10.0 Å². The first-order valence-corrected chi connectivity index (χ1v) is 7.73. The highest BCUT2D eigenvalue weighted by Gasteiger charge is 2.25. The molecule has 118 valence electrons. The monoisotopic (exact) mass is 338 g/mol. The summed E-state index contributed by atoms with van der Waals surface area (Å²) in [5.74, 6) is -1.78. The van der Waals surface area contributed by atoms with Crippen molar-refractivity contribution in [2.24, 2.45) is 5.14 Å². The largest absolute Gasteiger partial charge is 0.382 e. The van der Waals surface area contributed by atoms with Crippen LogP contribution in [-0.4, -0.2) is 33.6 Å². The number of nitrogens with two attached hydrogens (primary N) is 1. The fourth-order valence-electron chi connectivity index (χ4n) is 1.69. The average Bonchev–Trinajstić information content (AvgIpc) is 2.25. The number of carbonyl (C=O) groups excluding carboxylic acids is 1. The zero-order chi connectivity index (χ0) is 16.4. The average molecular weight is 339 g/mol. The maximum atomic E-state index is 13.6. The molecule has 1 aromatic rings. The van der Waals surface area contributed by atoms with Crippen molar-refractivity contribution in [3.8, 4) is 0 Å². The van der Waals surface area contributed by atoms with E-state index < -0.39 is 32.2 Å². The Morgan fingerprint density at radius 1 is 1.48 bits per heavy atom. The van der Waals surface area contributed by atoms with Crippen molar-refractivity contribution in [2.45, 2.75) is 24.3 Å². The first-order chi connectivity index (χ1) is 9.48. The van der Waals surface area contributed by atoms with Crippen LogP contribution in [0.5, 0.6) is 0 Å². The highest BCUT2D eigenvalue weighted by Crippen LogP contribution is 2.24. The third-order valence-electron chi connectivity index (χ3n) is 2.53. The molecule has 0 heterocycles. The molecule has 3 N–H and O–H groups in total. The highest BCUT2D eigenvalue weighted by molar-refractivity contribution is 7.89. The molecule has 0 bridgehead atoms. The first-order valence-electron chi connectivity index (χ1n) is 5.81. The molecule has 21 heavy (non-hydrogen) atoms. The predicted molar refractivity (Wildman–Crippen MR) is 76.2 cm³/mol. The van der Waals surface area contributed by atoms with Gasteiger partial charge < -0.3 is 10.1 Å². The number of primary sulfonamides is 1. The molecule has 0 aliphatic heterocycles. The van der Waals surface area contributed by atoms with E-state index in [2.05, 4.69) is 5.32 Å². The van der Waals surface area contributed by atoms with Crippen LogP contribution >= 0.6 is 11.6 Å². The standard InChI is InChI=1S/C12H16ClFN2O4S/c1-12(2,6-20-3)16-11(17)7-4-10(21(15,18)19)9(14)5-8(7)13/h4-5H,6H2,1-3H3,(H,16,17)(H2,15,18,19). The van der Waals surface area contributed by atoms with Crippen molar-refractivity contribution in [1.29, 1.82) is 0 Å². The summed E-state index contributed by atoms with van der Waals surface area (Å²) in [6.45, 7) is 3.62. The summed E-state index contributed by atoms with van der Waals surface area (Å²) >= 11 is 5.78. The second-order valence-corrected chi connectivity index (χ2v) is 7.02. The molecular weight excluding hydrogens is 323 g/mol. The number of rotatable bonds is 5. The molecule has 1 rings (SSSR count). The summed E-state index contributed by atoms with van der Waals surface area (Å²) in [6.07, 6.45) is 0. The molecule has 1 amide bonds. The highest BCUT2D eigenvalue weighted by atomic mass is 35.5. The second kappa shape index (κ2) is 6.27. The zero-order valence-electron chi connectivity index (χ0n) is 11.7. The molecule has 1 aromatic carbocycles. The van der Waals surface area contributed by atoms with E-state index in [1.54, 1.807) is 13.8 Å². The Bertz CT molecular complexity index is 661. The Hall–Kier alpha value is -1.22. The van der Waals surface area contributed by atoms with Crippen molar-refractivity contribution >= 4 is 27.5 Å². The maximum Gasteiger partial charge on any atom is 0.253 e. The van der Waals surface area contributed by atoms with Crippen LogP contribution in [0.4, 0.5) is 4.39 Å². The Morgan fingerprint density at radius 2 is 2.05 bits per heavy atom. The second-order valence-electron chi connectivity index (χ2n) is 5.08. The third-order valence-corrected chi connectivity index (χ3v) is 3.77. The molecule has 0 aliphatic carbocycles. The van der Waals surface area contributed by atoms with Gasteiger partial charge in [-0.25, -0.2) is 17.9 Å². The topological polar surface area (TPSA) is 98.5 Å². The van der Waals surface area contributed by atoms with Crippen LogP contribution in [0.15, 0.2) is 17.0 Å². The van der Waals surface area contributed by atoms with E-state index in [9.17, 15) is 17.6 Å². The lowest BCUT2D eigenvalue weighted by molar-refractivity contribution is 0.0820. The van der Waals surface area contributed by atoms with E-state index in [0.717, 1.165) is 12.1 Å². The number of sulfonamides is 1. The molecule has 6 nitrogen and oxygen atoms in total. The summed E-state index contributed by atoms with van der Waals surface area (Å²) < 4.78 is 41.0. The van der Waals surface area contributed by atoms with Crippen LogP contribution in [-0.2, 0) is 14.8 Å². The number of hydrogen-bond donors (Lipinski definition) is 2. The molecule has 0 aliphatic rings. The molecule has 0 spiro atoms. The van der Waals surface area contributed by atoms with Gasteiger partial charge in [-0.2, -0.15) is 0 Å². The minimum atomic E-state index is -4.30. The molecule has 0 saturated carbocycles. The summed E-state index contributed by atoms with van der Waals surface area (Å²) in [5.41, 5.74) is -0.906. The molecule has 0 atom stereocenters. The van der Waals surface area contributed by atoms with E-state index in [1.807, 2.05) is 0 Å². The Balaban J connectivity index is 3.22. The summed E-state index contributed by atoms with van der Waals surface area (Å²) in [7, 11) is -2.83. The van der Waals surface area contributed by atoms with Gasteiger partial charge in [0.15, 0.2) is 0 Å². The van der Waals surface area contributed by atoms with Crippen molar-refractivity contribution < 1.29 is 22.3 Å². The van der Waals surface area contributed by atoms with Crippen LogP contribution in [0, 0.1) is 5.82 Å². The van der Waals surface area contributed by atoms with Crippen LogP contribution in [0.25, 0.3) is 0 Å². The number of methoxy groups -OCH3 is 1. The first kappa shape index (κ1) is 17.8. The van der Waals surface area contributed by atoms with Crippen LogP contribution in [0.2, 0.25) is 5.02 Å². The minimum absolute atomic E-state index is 0.189. The quantitative estimate of drug-likeness (QED) is 0.844. The normalized spacial score (nSPS) is 12.3. The number of hydrogen-bond acceptors (Lipinski definition) is 4. The van der Waals surface area contributed by atoms with Crippen molar-refractivity contribution in [3.63, 3.8) is 0 Å². The van der Waals surface area contributed by atoms with E-state index in [1.165, 1.54) is 7.11 Å². The van der Waals surface area contributed by atoms with Crippen LogP contribution in [0.1, 0.15) is 24.2 Å². The lowest BCUT2D eigenvalue weighted by Gasteiger charge is -2.25.